The van der Waals surface area contributed by atoms with Crippen molar-refractivity contribution in [2.24, 2.45) is 0 Å². The van der Waals surface area contributed by atoms with Crippen LogP contribution in [0.2, 0.25) is 0 Å². The highest BCUT2D eigenvalue weighted by molar-refractivity contribution is 7.80. The number of anilines is 3. The molecule has 0 saturated carbocycles. The highest BCUT2D eigenvalue weighted by Gasteiger charge is 2.42. The second-order valence-electron chi connectivity index (χ2n) is 8.98. The second kappa shape index (κ2) is 9.38. The fraction of sp³-hybridized carbons (Fsp3) is 0.478. The summed E-state index contributed by atoms with van der Waals surface area (Å²) in [5, 5.41) is 11.5. The molecule has 2 atom stereocenters. The molecule has 9 nitrogen and oxygen atoms in total. The summed E-state index contributed by atoms with van der Waals surface area (Å²) in [6.07, 6.45) is 2.80. The fourth-order valence-electron chi connectivity index (χ4n) is 4.41. The Morgan fingerprint density at radius 2 is 1.94 bits per heavy atom. The minimum absolute atomic E-state index is 0.0616. The zero-order valence-electron chi connectivity index (χ0n) is 19.2. The maximum absolute atomic E-state index is 14.3. The molecule has 5 rings (SSSR count). The number of thiol groups is 1. The lowest BCUT2D eigenvalue weighted by atomic mass is 9.92. The van der Waals surface area contributed by atoms with Crippen LogP contribution >= 0.6 is 12.6 Å². The molecule has 2 unspecified atom stereocenters. The third-order valence-corrected chi connectivity index (χ3v) is 6.42. The summed E-state index contributed by atoms with van der Waals surface area (Å²) >= 11 is 4.17. The first kappa shape index (κ1) is 22.9. The molecular formula is C23H27FN6O3S. The summed E-state index contributed by atoms with van der Waals surface area (Å²) in [7, 11) is 0. The minimum atomic E-state index is -0.408. The van der Waals surface area contributed by atoms with E-state index in [1.165, 1.54) is 12.4 Å². The lowest BCUT2D eigenvalue weighted by Gasteiger charge is -2.47. The Labute approximate surface area is 202 Å². The molecule has 11 heteroatoms. The largest absolute Gasteiger partial charge is 0.474 e. The van der Waals surface area contributed by atoms with Gasteiger partial charge in [0.25, 0.3) is 0 Å². The van der Waals surface area contributed by atoms with Crippen LogP contribution in [0.5, 0.6) is 5.88 Å². The number of halogens is 1. The number of morpholine rings is 1. The van der Waals surface area contributed by atoms with Crippen LogP contribution in [-0.4, -0.2) is 51.6 Å². The van der Waals surface area contributed by atoms with Crippen molar-refractivity contribution in [2.75, 3.05) is 23.4 Å². The minimum Gasteiger partial charge on any atom is -0.474 e. The van der Waals surface area contributed by atoms with Gasteiger partial charge in [-0.1, -0.05) is 18.9 Å². The van der Waals surface area contributed by atoms with Crippen LogP contribution in [0, 0.1) is 12.7 Å². The van der Waals surface area contributed by atoms with Gasteiger partial charge in [0.15, 0.2) is 0 Å². The SMILES string of the molecule is Cc1c(Nc2ccc(S)cc2F)ncnc1OC1CC2COCC(C1)N2c1nnc(C(C)C)o1. The molecule has 2 aliphatic heterocycles. The van der Waals surface area contributed by atoms with Crippen molar-refractivity contribution in [3.05, 3.63) is 41.8 Å². The summed E-state index contributed by atoms with van der Waals surface area (Å²) in [6.45, 7) is 7.03. The average Bonchev–Trinajstić information content (AvgIpc) is 3.28. The van der Waals surface area contributed by atoms with Crippen molar-refractivity contribution >= 4 is 30.1 Å². The Morgan fingerprint density at radius 3 is 2.62 bits per heavy atom. The van der Waals surface area contributed by atoms with Gasteiger partial charge in [-0.05, 0) is 25.1 Å². The van der Waals surface area contributed by atoms with E-state index in [9.17, 15) is 4.39 Å². The van der Waals surface area contributed by atoms with Crippen LogP contribution in [0.1, 0.15) is 44.1 Å². The molecule has 3 aromatic rings. The Kier molecular flexibility index (Phi) is 6.30. The molecule has 4 heterocycles. The van der Waals surface area contributed by atoms with Crippen LogP contribution in [0.25, 0.3) is 0 Å². The van der Waals surface area contributed by atoms with Crippen LogP contribution in [0.15, 0.2) is 33.8 Å². The van der Waals surface area contributed by atoms with Gasteiger partial charge >= 0.3 is 6.01 Å². The van der Waals surface area contributed by atoms with Gasteiger partial charge in [0.1, 0.15) is 24.1 Å². The van der Waals surface area contributed by atoms with Crippen LogP contribution in [-0.2, 0) is 4.74 Å². The van der Waals surface area contributed by atoms with Crippen molar-refractivity contribution in [3.63, 3.8) is 0 Å². The molecule has 2 aliphatic rings. The summed E-state index contributed by atoms with van der Waals surface area (Å²) in [6, 6.07) is 5.35. The second-order valence-corrected chi connectivity index (χ2v) is 9.50. The molecule has 1 aromatic carbocycles. The number of rotatable bonds is 6. The third-order valence-electron chi connectivity index (χ3n) is 6.14. The first-order valence-corrected chi connectivity index (χ1v) is 11.8. The predicted molar refractivity (Wildman–Crippen MR) is 127 cm³/mol. The van der Waals surface area contributed by atoms with E-state index in [1.807, 2.05) is 20.8 Å². The van der Waals surface area contributed by atoms with Gasteiger partial charge in [0, 0.05) is 23.7 Å². The first-order chi connectivity index (χ1) is 16.4. The number of hydrogen-bond acceptors (Lipinski definition) is 10. The highest BCUT2D eigenvalue weighted by atomic mass is 32.1. The molecule has 0 amide bonds. The van der Waals surface area contributed by atoms with E-state index in [0.29, 0.717) is 53.0 Å². The summed E-state index contributed by atoms with van der Waals surface area (Å²) in [4.78, 5) is 11.3. The monoisotopic (exact) mass is 486 g/mol. The van der Waals surface area contributed by atoms with Gasteiger partial charge in [-0.3, -0.25) is 0 Å². The molecule has 34 heavy (non-hydrogen) atoms. The number of piperidine rings is 1. The first-order valence-electron chi connectivity index (χ1n) is 11.3. The van der Waals surface area contributed by atoms with Gasteiger partial charge < -0.3 is 24.1 Å². The Balaban J connectivity index is 1.31. The molecule has 0 radical (unpaired) electrons. The van der Waals surface area contributed by atoms with Gasteiger partial charge in [-0.2, -0.15) is 0 Å². The fourth-order valence-corrected chi connectivity index (χ4v) is 4.60. The predicted octanol–water partition coefficient (Wildman–Crippen LogP) is 4.28. The Hall–Kier alpha value is -2.92. The molecular weight excluding hydrogens is 459 g/mol. The van der Waals surface area contributed by atoms with E-state index in [0.717, 1.165) is 12.8 Å². The number of nitrogens with zero attached hydrogens (tertiary/aromatic N) is 5. The van der Waals surface area contributed by atoms with E-state index >= 15 is 0 Å². The maximum atomic E-state index is 14.3. The van der Waals surface area contributed by atoms with E-state index in [4.69, 9.17) is 13.9 Å². The van der Waals surface area contributed by atoms with E-state index < -0.39 is 5.82 Å². The van der Waals surface area contributed by atoms with E-state index in [-0.39, 0.29) is 24.1 Å². The van der Waals surface area contributed by atoms with Crippen molar-refractivity contribution in [1.82, 2.24) is 20.2 Å². The lowest BCUT2D eigenvalue weighted by Crippen LogP contribution is -2.59. The topological polar surface area (TPSA) is 98.4 Å². The van der Waals surface area contributed by atoms with E-state index in [2.05, 4.69) is 43.0 Å². The third kappa shape index (κ3) is 4.54. The molecule has 0 aliphatic carbocycles. The van der Waals surface area contributed by atoms with Gasteiger partial charge in [0.2, 0.25) is 11.8 Å². The van der Waals surface area contributed by atoms with Gasteiger partial charge in [0.05, 0.1) is 36.5 Å². The summed E-state index contributed by atoms with van der Waals surface area (Å²) in [5.41, 5.74) is 1.02. The van der Waals surface area contributed by atoms with Crippen molar-refractivity contribution in [1.29, 1.82) is 0 Å². The maximum Gasteiger partial charge on any atom is 0.318 e. The number of benzene rings is 1. The Bertz CT molecular complexity index is 1160. The smallest absolute Gasteiger partial charge is 0.318 e. The summed E-state index contributed by atoms with van der Waals surface area (Å²) in [5.74, 6) is 1.36. The number of ether oxygens (including phenoxy) is 2. The Morgan fingerprint density at radius 1 is 1.18 bits per heavy atom. The molecule has 0 spiro atoms. The van der Waals surface area contributed by atoms with E-state index in [1.54, 1.807) is 12.1 Å². The molecule has 2 aromatic heterocycles. The van der Waals surface area contributed by atoms with Crippen LogP contribution < -0.4 is 15.0 Å². The van der Waals surface area contributed by atoms with Crippen LogP contribution in [0.3, 0.4) is 0 Å². The number of aromatic nitrogens is 4. The van der Waals surface area contributed by atoms with Crippen molar-refractivity contribution < 1.29 is 18.3 Å². The van der Waals surface area contributed by atoms with Crippen molar-refractivity contribution in [2.45, 2.75) is 62.6 Å². The standard InChI is InChI=1S/C23H27FN6O3S/c1-12(2)21-28-29-23(33-21)30-14-6-16(7-15(30)10-31-9-14)32-22-13(3)20(25-11-26-22)27-19-5-4-17(34)8-18(19)24/h4-5,8,11-12,14-16,34H,6-7,9-10H2,1-3H3,(H,25,26,27). The zero-order chi connectivity index (χ0) is 23.8. The normalized spacial score (nSPS) is 22.2. The molecule has 2 saturated heterocycles. The number of nitrogens with one attached hydrogen (secondary N) is 1. The molecule has 2 bridgehead atoms. The summed E-state index contributed by atoms with van der Waals surface area (Å²) < 4.78 is 32.3. The highest BCUT2D eigenvalue weighted by Crippen LogP contribution is 2.35. The average molecular weight is 487 g/mol. The van der Waals surface area contributed by atoms with Gasteiger partial charge in [-0.25, -0.2) is 14.4 Å². The lowest BCUT2D eigenvalue weighted by molar-refractivity contribution is 0.00467. The zero-order valence-corrected chi connectivity index (χ0v) is 20.1. The van der Waals surface area contributed by atoms with Crippen LogP contribution in [0.4, 0.5) is 21.9 Å². The molecule has 2 fully saturated rings. The molecule has 180 valence electrons. The number of hydrogen-bond donors (Lipinski definition) is 2. The number of fused-ring (bicyclic) bond motifs is 2. The molecule has 1 N–H and O–H groups in total. The van der Waals surface area contributed by atoms with Gasteiger partial charge in [-0.15, -0.1) is 17.7 Å². The van der Waals surface area contributed by atoms with Crippen molar-refractivity contribution in [3.8, 4) is 5.88 Å². The quantitative estimate of drug-likeness (QED) is 0.495.